The first-order valence-corrected chi connectivity index (χ1v) is 11.7. The van der Waals surface area contributed by atoms with E-state index in [-0.39, 0.29) is 24.1 Å². The Hall–Kier alpha value is -2.24. The van der Waals surface area contributed by atoms with Crippen LogP contribution in [0, 0.1) is 0 Å². The first-order valence-electron chi connectivity index (χ1n) is 11.7. The number of carbonyl (C=O) groups is 4. The Morgan fingerprint density at radius 3 is 2.31 bits per heavy atom. The molecule has 4 aliphatic rings. The number of rotatable bonds is 6. The molecule has 1 aliphatic carbocycles. The third kappa shape index (κ3) is 5.21. The summed E-state index contributed by atoms with van der Waals surface area (Å²) in [5.74, 6) is -0.561. The van der Waals surface area contributed by atoms with Crippen molar-refractivity contribution >= 4 is 23.8 Å². The second-order valence-electron chi connectivity index (χ2n) is 9.11. The van der Waals surface area contributed by atoms with Gasteiger partial charge in [-0.05, 0) is 12.8 Å². The lowest BCUT2D eigenvalue weighted by atomic mass is 9.82. The first-order chi connectivity index (χ1) is 15.5. The van der Waals surface area contributed by atoms with Crippen LogP contribution in [0.2, 0.25) is 0 Å². The van der Waals surface area contributed by atoms with E-state index in [2.05, 4.69) is 20.5 Å². The number of imide groups is 1. The van der Waals surface area contributed by atoms with Gasteiger partial charge in [-0.15, -0.1) is 0 Å². The number of piperazine rings is 1. The summed E-state index contributed by atoms with van der Waals surface area (Å²) < 4.78 is 5.32. The van der Waals surface area contributed by atoms with Crippen LogP contribution in [-0.2, 0) is 19.1 Å². The molecule has 32 heavy (non-hydrogen) atoms. The molecule has 0 aromatic carbocycles. The van der Waals surface area contributed by atoms with Crippen LogP contribution in [-0.4, -0.2) is 115 Å². The standard InChI is InChI=1S/C21H34N6O5/c28-17(23-27-19(30)21(22-20(27)31)5-2-1-3-6-21)4-7-24-8-10-26(11-9-24)18(29)16-25-12-14-32-15-13-25/h1-16H2,(H,22,31)(H,23,28). The number of nitrogens with one attached hydrogen (secondary N) is 2. The van der Waals surface area contributed by atoms with Crippen molar-refractivity contribution in [3.8, 4) is 0 Å². The highest BCUT2D eigenvalue weighted by molar-refractivity contribution is 6.08. The minimum absolute atomic E-state index is 0.138. The van der Waals surface area contributed by atoms with E-state index >= 15 is 0 Å². The van der Waals surface area contributed by atoms with Gasteiger partial charge in [-0.2, -0.15) is 5.01 Å². The summed E-state index contributed by atoms with van der Waals surface area (Å²) in [5, 5.41) is 3.65. The molecule has 4 fully saturated rings. The van der Waals surface area contributed by atoms with E-state index in [1.165, 1.54) is 0 Å². The Morgan fingerprint density at radius 1 is 0.938 bits per heavy atom. The lowest BCUT2D eigenvalue weighted by Crippen LogP contribution is -2.53. The van der Waals surface area contributed by atoms with Crippen molar-refractivity contribution in [3.63, 3.8) is 0 Å². The van der Waals surface area contributed by atoms with Gasteiger partial charge in [-0.25, -0.2) is 4.79 Å². The van der Waals surface area contributed by atoms with Gasteiger partial charge < -0.3 is 15.0 Å². The summed E-state index contributed by atoms with van der Waals surface area (Å²) in [7, 11) is 0. The highest BCUT2D eigenvalue weighted by Crippen LogP contribution is 2.32. The molecule has 3 aliphatic heterocycles. The molecule has 5 amide bonds. The van der Waals surface area contributed by atoms with Gasteiger partial charge in [0.25, 0.3) is 5.91 Å². The number of hydrazine groups is 1. The maximum absolute atomic E-state index is 12.7. The van der Waals surface area contributed by atoms with Crippen LogP contribution in [0.1, 0.15) is 38.5 Å². The third-order valence-electron chi connectivity index (χ3n) is 6.95. The molecule has 0 radical (unpaired) electrons. The number of urea groups is 1. The number of ether oxygens (including phenoxy) is 1. The molecule has 0 atom stereocenters. The summed E-state index contributed by atoms with van der Waals surface area (Å²) in [6.07, 6.45) is 4.29. The Balaban J connectivity index is 1.16. The van der Waals surface area contributed by atoms with Crippen LogP contribution >= 0.6 is 0 Å². The number of carbonyl (C=O) groups excluding carboxylic acids is 4. The van der Waals surface area contributed by atoms with E-state index in [1.807, 2.05) is 4.90 Å². The minimum atomic E-state index is -0.841. The highest BCUT2D eigenvalue weighted by Gasteiger charge is 2.52. The minimum Gasteiger partial charge on any atom is -0.379 e. The van der Waals surface area contributed by atoms with E-state index < -0.39 is 11.6 Å². The van der Waals surface area contributed by atoms with Crippen LogP contribution < -0.4 is 10.7 Å². The van der Waals surface area contributed by atoms with Crippen LogP contribution in [0.4, 0.5) is 4.79 Å². The predicted molar refractivity (Wildman–Crippen MR) is 114 cm³/mol. The van der Waals surface area contributed by atoms with Crippen LogP contribution in [0.25, 0.3) is 0 Å². The van der Waals surface area contributed by atoms with E-state index in [0.29, 0.717) is 65.3 Å². The Labute approximate surface area is 188 Å². The van der Waals surface area contributed by atoms with Gasteiger partial charge in [0, 0.05) is 52.2 Å². The second kappa shape index (κ2) is 10.1. The molecule has 0 unspecified atom stereocenters. The first kappa shape index (κ1) is 22.9. The van der Waals surface area contributed by atoms with Crippen molar-refractivity contribution in [1.82, 2.24) is 30.5 Å². The van der Waals surface area contributed by atoms with Gasteiger partial charge in [-0.3, -0.25) is 29.6 Å². The molecule has 178 valence electrons. The van der Waals surface area contributed by atoms with Gasteiger partial charge in [0.1, 0.15) is 5.54 Å². The zero-order valence-electron chi connectivity index (χ0n) is 18.6. The smallest absolute Gasteiger partial charge is 0.344 e. The quantitative estimate of drug-likeness (QED) is 0.506. The van der Waals surface area contributed by atoms with E-state index in [4.69, 9.17) is 4.74 Å². The van der Waals surface area contributed by atoms with Crippen molar-refractivity contribution in [2.45, 2.75) is 44.1 Å². The molecule has 3 heterocycles. The molecule has 0 aromatic rings. The maximum Gasteiger partial charge on any atom is 0.344 e. The lowest BCUT2D eigenvalue weighted by Gasteiger charge is -2.36. The SMILES string of the molecule is O=C(CCN1CCN(C(=O)CN2CCOCC2)CC1)NN1C(=O)NC2(CCCCC2)C1=O. The van der Waals surface area contributed by atoms with Gasteiger partial charge >= 0.3 is 6.03 Å². The number of nitrogens with zero attached hydrogens (tertiary/aromatic N) is 4. The van der Waals surface area contributed by atoms with Crippen molar-refractivity contribution in [2.24, 2.45) is 0 Å². The van der Waals surface area contributed by atoms with Crippen LogP contribution in [0.15, 0.2) is 0 Å². The van der Waals surface area contributed by atoms with Crippen molar-refractivity contribution in [2.75, 3.05) is 65.6 Å². The summed E-state index contributed by atoms with van der Waals surface area (Å²) in [4.78, 5) is 56.1. The summed E-state index contributed by atoms with van der Waals surface area (Å²) >= 11 is 0. The molecular weight excluding hydrogens is 416 g/mol. The molecule has 0 aromatic heterocycles. The van der Waals surface area contributed by atoms with Crippen molar-refractivity contribution < 1.29 is 23.9 Å². The second-order valence-corrected chi connectivity index (χ2v) is 9.11. The molecule has 1 spiro atoms. The highest BCUT2D eigenvalue weighted by atomic mass is 16.5. The third-order valence-corrected chi connectivity index (χ3v) is 6.95. The van der Waals surface area contributed by atoms with Crippen molar-refractivity contribution in [1.29, 1.82) is 0 Å². The molecule has 0 bridgehead atoms. The van der Waals surface area contributed by atoms with E-state index in [1.54, 1.807) is 0 Å². The van der Waals surface area contributed by atoms with Gasteiger partial charge in [0.15, 0.2) is 0 Å². The van der Waals surface area contributed by atoms with E-state index in [9.17, 15) is 19.2 Å². The van der Waals surface area contributed by atoms with Gasteiger partial charge in [0.05, 0.1) is 19.8 Å². The zero-order chi connectivity index (χ0) is 22.6. The van der Waals surface area contributed by atoms with Gasteiger partial charge in [-0.1, -0.05) is 19.3 Å². The molecule has 1 saturated carbocycles. The Kier molecular flexibility index (Phi) is 7.27. The molecule has 11 nitrogen and oxygen atoms in total. The number of amides is 5. The average molecular weight is 451 g/mol. The number of hydrogen-bond acceptors (Lipinski definition) is 7. The molecule has 3 saturated heterocycles. The van der Waals surface area contributed by atoms with Gasteiger partial charge in [0.2, 0.25) is 11.8 Å². The Bertz CT molecular complexity index is 726. The normalized spacial score (nSPS) is 24.6. The molecule has 2 N–H and O–H groups in total. The zero-order valence-corrected chi connectivity index (χ0v) is 18.6. The topological polar surface area (TPSA) is 115 Å². The molecule has 4 rings (SSSR count). The van der Waals surface area contributed by atoms with Crippen LogP contribution in [0.3, 0.4) is 0 Å². The largest absolute Gasteiger partial charge is 0.379 e. The number of morpholine rings is 1. The fourth-order valence-corrected chi connectivity index (χ4v) is 4.93. The Morgan fingerprint density at radius 2 is 1.62 bits per heavy atom. The summed E-state index contributed by atoms with van der Waals surface area (Å²) in [5.41, 5.74) is 1.65. The molecular formula is C21H34N6O5. The van der Waals surface area contributed by atoms with Crippen molar-refractivity contribution in [3.05, 3.63) is 0 Å². The summed E-state index contributed by atoms with van der Waals surface area (Å²) in [6.45, 7) is 6.57. The predicted octanol–water partition coefficient (Wildman–Crippen LogP) is -0.861. The van der Waals surface area contributed by atoms with E-state index in [0.717, 1.165) is 37.4 Å². The summed E-state index contributed by atoms with van der Waals surface area (Å²) in [6, 6.07) is -0.544. The molecule has 11 heteroatoms. The fraction of sp³-hybridized carbons (Fsp3) is 0.810. The fourth-order valence-electron chi connectivity index (χ4n) is 4.93. The monoisotopic (exact) mass is 450 g/mol. The maximum atomic E-state index is 12.7. The number of hydrogen-bond donors (Lipinski definition) is 2. The lowest BCUT2D eigenvalue weighted by molar-refractivity contribution is -0.140. The average Bonchev–Trinajstić information content (AvgIpc) is 3.03. The van der Waals surface area contributed by atoms with Crippen LogP contribution in [0.5, 0.6) is 0 Å².